The molecule has 6 heteroatoms. The van der Waals surface area contributed by atoms with E-state index in [0.717, 1.165) is 38.2 Å². The third kappa shape index (κ3) is 5.45. The van der Waals surface area contributed by atoms with Crippen molar-refractivity contribution in [1.29, 1.82) is 0 Å². The molecule has 0 heterocycles. The van der Waals surface area contributed by atoms with E-state index in [9.17, 15) is 10.2 Å². The number of rotatable bonds is 5. The Morgan fingerprint density at radius 2 is 1.09 bits per heavy atom. The molecule has 46 heavy (non-hydrogen) atoms. The predicted octanol–water partition coefficient (Wildman–Crippen LogP) is 9.22. The molecule has 0 saturated heterocycles. The standard InChI is InChI=1S/C40H28N2O4/c41-33-19-17-29(23-35(33)43)45-37-21-16-26-10-4-6-12-31(26)38(37)39-32-13-7-5-11-27(32)22-28(15-14-25-8-2-1-3-9-25)40(39)46-30-18-20-34(42)36(44)24-30/h1-13,16-24,43-44H,41-42H2. The second-order valence-electron chi connectivity index (χ2n) is 10.8. The van der Waals surface area contributed by atoms with Crippen molar-refractivity contribution in [3.8, 4) is 57.5 Å². The van der Waals surface area contributed by atoms with E-state index in [1.54, 1.807) is 24.3 Å². The lowest BCUT2D eigenvalue weighted by atomic mass is 9.90. The minimum absolute atomic E-state index is 0.0735. The molecule has 222 valence electrons. The van der Waals surface area contributed by atoms with Gasteiger partial charge in [0.1, 0.15) is 28.7 Å². The van der Waals surface area contributed by atoms with E-state index in [1.165, 1.54) is 12.1 Å². The molecule has 0 fully saturated rings. The van der Waals surface area contributed by atoms with Crippen LogP contribution in [0.1, 0.15) is 11.1 Å². The molecule has 7 aromatic carbocycles. The van der Waals surface area contributed by atoms with Crippen LogP contribution in [0.2, 0.25) is 0 Å². The minimum atomic E-state index is -0.0888. The Morgan fingerprint density at radius 3 is 1.76 bits per heavy atom. The third-order valence-corrected chi connectivity index (χ3v) is 7.71. The molecule has 7 aromatic rings. The van der Waals surface area contributed by atoms with Crippen LogP contribution in [0.5, 0.6) is 34.5 Å². The topological polar surface area (TPSA) is 111 Å². The summed E-state index contributed by atoms with van der Waals surface area (Å²) in [6.45, 7) is 0. The fourth-order valence-corrected chi connectivity index (χ4v) is 5.45. The van der Waals surface area contributed by atoms with Crippen molar-refractivity contribution in [3.05, 3.63) is 145 Å². The van der Waals surface area contributed by atoms with Crippen LogP contribution >= 0.6 is 0 Å². The SMILES string of the molecule is Nc1ccc(Oc2ccc3ccccc3c2-c2c(Oc3ccc(N)c(O)c3)c(C#Cc3ccccc3)cc3ccccc23)cc1O. The number of hydrogen-bond acceptors (Lipinski definition) is 6. The van der Waals surface area contributed by atoms with Crippen molar-refractivity contribution in [2.45, 2.75) is 0 Å². The fraction of sp³-hybridized carbons (Fsp3) is 0. The smallest absolute Gasteiger partial charge is 0.151 e. The maximum Gasteiger partial charge on any atom is 0.151 e. The molecule has 0 spiro atoms. The van der Waals surface area contributed by atoms with Gasteiger partial charge in [0.05, 0.1) is 16.9 Å². The number of phenols is 2. The highest BCUT2D eigenvalue weighted by molar-refractivity contribution is 6.10. The normalized spacial score (nSPS) is 10.8. The number of ether oxygens (including phenoxy) is 2. The molecule has 0 aliphatic carbocycles. The number of nitrogen functional groups attached to an aromatic ring is 2. The molecular weight excluding hydrogens is 572 g/mol. The monoisotopic (exact) mass is 600 g/mol. The maximum absolute atomic E-state index is 10.5. The van der Waals surface area contributed by atoms with Gasteiger partial charge in [-0.2, -0.15) is 0 Å². The van der Waals surface area contributed by atoms with Gasteiger partial charge in [-0.25, -0.2) is 0 Å². The first-order chi connectivity index (χ1) is 22.4. The molecule has 0 atom stereocenters. The van der Waals surface area contributed by atoms with Gasteiger partial charge in [-0.15, -0.1) is 0 Å². The van der Waals surface area contributed by atoms with E-state index in [-0.39, 0.29) is 22.9 Å². The molecule has 7 rings (SSSR count). The predicted molar refractivity (Wildman–Crippen MR) is 184 cm³/mol. The Kier molecular flexibility index (Phi) is 7.26. The molecule has 0 radical (unpaired) electrons. The minimum Gasteiger partial charge on any atom is -0.506 e. The molecule has 0 amide bonds. The summed E-state index contributed by atoms with van der Waals surface area (Å²) < 4.78 is 13.2. The van der Waals surface area contributed by atoms with Gasteiger partial charge in [0.25, 0.3) is 0 Å². The van der Waals surface area contributed by atoms with Gasteiger partial charge in [0.2, 0.25) is 0 Å². The van der Waals surface area contributed by atoms with Crippen LogP contribution in [-0.2, 0) is 0 Å². The average Bonchev–Trinajstić information content (AvgIpc) is 3.08. The molecule has 0 unspecified atom stereocenters. The van der Waals surface area contributed by atoms with E-state index in [4.69, 9.17) is 20.9 Å². The maximum atomic E-state index is 10.5. The zero-order chi connectivity index (χ0) is 31.6. The molecule has 0 bridgehead atoms. The van der Waals surface area contributed by atoms with Crippen LogP contribution in [0.3, 0.4) is 0 Å². The third-order valence-electron chi connectivity index (χ3n) is 7.71. The summed E-state index contributed by atoms with van der Waals surface area (Å²) in [4.78, 5) is 0. The Hall–Kier alpha value is -6.58. The van der Waals surface area contributed by atoms with Crippen molar-refractivity contribution in [1.82, 2.24) is 0 Å². The highest BCUT2D eigenvalue weighted by Gasteiger charge is 2.23. The molecule has 0 aromatic heterocycles. The van der Waals surface area contributed by atoms with E-state index >= 15 is 0 Å². The van der Waals surface area contributed by atoms with E-state index in [1.807, 2.05) is 97.1 Å². The number of fused-ring (bicyclic) bond motifs is 2. The number of benzene rings is 7. The van der Waals surface area contributed by atoms with Gasteiger partial charge in [0.15, 0.2) is 5.75 Å². The Balaban J connectivity index is 1.56. The van der Waals surface area contributed by atoms with Crippen LogP contribution in [0.25, 0.3) is 32.7 Å². The van der Waals surface area contributed by atoms with Crippen molar-refractivity contribution in [2.75, 3.05) is 11.5 Å². The van der Waals surface area contributed by atoms with E-state index < -0.39 is 0 Å². The number of anilines is 2. The summed E-state index contributed by atoms with van der Waals surface area (Å²) in [6, 6.07) is 41.3. The zero-order valence-electron chi connectivity index (χ0n) is 24.6. The molecule has 0 aliphatic heterocycles. The van der Waals surface area contributed by atoms with Gasteiger partial charge < -0.3 is 31.2 Å². The summed E-state index contributed by atoms with van der Waals surface area (Å²) in [7, 11) is 0. The lowest BCUT2D eigenvalue weighted by Gasteiger charge is -2.21. The Morgan fingerprint density at radius 1 is 0.500 bits per heavy atom. The van der Waals surface area contributed by atoms with Gasteiger partial charge in [-0.3, -0.25) is 0 Å². The summed E-state index contributed by atoms with van der Waals surface area (Å²) in [5, 5.41) is 24.6. The van der Waals surface area contributed by atoms with Crippen LogP contribution in [-0.4, -0.2) is 10.2 Å². The first-order valence-corrected chi connectivity index (χ1v) is 14.6. The van der Waals surface area contributed by atoms with Gasteiger partial charge in [0, 0.05) is 28.8 Å². The van der Waals surface area contributed by atoms with E-state index in [2.05, 4.69) is 11.8 Å². The molecule has 0 saturated carbocycles. The summed E-state index contributed by atoms with van der Waals surface area (Å²) >= 11 is 0. The van der Waals surface area contributed by atoms with Gasteiger partial charge in [-0.05, 0) is 70.1 Å². The number of nitrogens with two attached hydrogens (primary N) is 2. The molecule has 0 aliphatic rings. The largest absolute Gasteiger partial charge is 0.506 e. The summed E-state index contributed by atoms with van der Waals surface area (Å²) in [5.41, 5.74) is 15.3. The summed E-state index contributed by atoms with van der Waals surface area (Å²) in [5.74, 6) is 8.30. The Labute approximate surface area is 265 Å². The molecule has 6 nitrogen and oxygen atoms in total. The van der Waals surface area contributed by atoms with E-state index in [0.29, 0.717) is 28.6 Å². The first kappa shape index (κ1) is 28.2. The highest BCUT2D eigenvalue weighted by Crippen LogP contribution is 2.49. The van der Waals surface area contributed by atoms with Crippen LogP contribution < -0.4 is 20.9 Å². The first-order valence-electron chi connectivity index (χ1n) is 14.6. The highest BCUT2D eigenvalue weighted by atomic mass is 16.5. The second-order valence-corrected chi connectivity index (χ2v) is 10.8. The zero-order valence-corrected chi connectivity index (χ0v) is 24.6. The van der Waals surface area contributed by atoms with Crippen LogP contribution in [0.15, 0.2) is 133 Å². The van der Waals surface area contributed by atoms with Crippen LogP contribution in [0, 0.1) is 11.8 Å². The number of phenolic OH excluding ortho intramolecular Hbond substituents is 2. The van der Waals surface area contributed by atoms with Crippen molar-refractivity contribution in [2.24, 2.45) is 0 Å². The number of hydrogen-bond donors (Lipinski definition) is 4. The average molecular weight is 601 g/mol. The number of aromatic hydroxyl groups is 2. The lowest BCUT2D eigenvalue weighted by Crippen LogP contribution is -1.98. The summed E-state index contributed by atoms with van der Waals surface area (Å²) in [6.07, 6.45) is 0. The molecular formula is C40H28N2O4. The molecule has 6 N–H and O–H groups in total. The van der Waals surface area contributed by atoms with Crippen molar-refractivity contribution in [3.63, 3.8) is 0 Å². The lowest BCUT2D eigenvalue weighted by molar-refractivity contribution is 0.454. The van der Waals surface area contributed by atoms with Crippen molar-refractivity contribution >= 4 is 32.9 Å². The van der Waals surface area contributed by atoms with Crippen LogP contribution in [0.4, 0.5) is 11.4 Å². The van der Waals surface area contributed by atoms with Gasteiger partial charge in [-0.1, -0.05) is 84.6 Å². The fourth-order valence-electron chi connectivity index (χ4n) is 5.45. The van der Waals surface area contributed by atoms with Crippen molar-refractivity contribution < 1.29 is 19.7 Å². The second kappa shape index (κ2) is 11.8. The quantitative estimate of drug-likeness (QED) is 0.0890. The Bertz CT molecular complexity index is 2320. The van der Waals surface area contributed by atoms with Gasteiger partial charge >= 0.3 is 0 Å².